The molecule has 0 fully saturated rings. The molecule has 0 aromatic heterocycles. The van der Waals surface area contributed by atoms with E-state index >= 15 is 0 Å². The fraction of sp³-hybridized carbons (Fsp3) is 0.400. The maximum atomic E-state index is 9.80. The Kier molecular flexibility index (Phi) is 6.67. The Morgan fingerprint density at radius 1 is 1.32 bits per heavy atom. The smallest absolute Gasteiger partial charge is 0.300 e. The molecular formula is C15H20O3S. The van der Waals surface area contributed by atoms with Crippen LogP contribution in [0.4, 0.5) is 0 Å². The van der Waals surface area contributed by atoms with Crippen LogP contribution in [0.2, 0.25) is 0 Å². The van der Waals surface area contributed by atoms with Gasteiger partial charge in [-0.2, -0.15) is 0 Å². The van der Waals surface area contributed by atoms with Crippen molar-refractivity contribution in [2.45, 2.75) is 44.1 Å². The second-order valence-corrected chi connectivity index (χ2v) is 5.63. The van der Waals surface area contributed by atoms with E-state index in [4.69, 9.17) is 9.90 Å². The van der Waals surface area contributed by atoms with Crippen molar-refractivity contribution in [3.8, 4) is 0 Å². The molecule has 3 nitrogen and oxygen atoms in total. The van der Waals surface area contributed by atoms with E-state index in [2.05, 4.69) is 37.3 Å². The Morgan fingerprint density at radius 3 is 2.42 bits per heavy atom. The van der Waals surface area contributed by atoms with E-state index in [0.717, 1.165) is 31.1 Å². The first-order chi connectivity index (χ1) is 8.99. The number of carbonyl (C=O) groups is 1. The predicted molar refractivity (Wildman–Crippen MR) is 78.3 cm³/mol. The highest BCUT2D eigenvalue weighted by Crippen LogP contribution is 2.33. The van der Waals surface area contributed by atoms with Gasteiger partial charge >= 0.3 is 0 Å². The number of hydrogen-bond donors (Lipinski definition) is 2. The molecule has 1 aliphatic rings. The molecule has 1 unspecified atom stereocenters. The molecule has 0 aliphatic heterocycles. The third kappa shape index (κ3) is 6.45. The maximum absolute atomic E-state index is 9.80. The van der Waals surface area contributed by atoms with Gasteiger partial charge in [0.05, 0.1) is 6.10 Å². The minimum Gasteiger partial charge on any atom is -0.481 e. The van der Waals surface area contributed by atoms with Crippen LogP contribution < -0.4 is 0 Å². The monoisotopic (exact) mass is 280 g/mol. The number of rotatable bonds is 2. The van der Waals surface area contributed by atoms with Gasteiger partial charge in [0.2, 0.25) is 0 Å². The molecule has 19 heavy (non-hydrogen) atoms. The van der Waals surface area contributed by atoms with Crippen molar-refractivity contribution in [1.82, 2.24) is 0 Å². The molecule has 1 atom stereocenters. The van der Waals surface area contributed by atoms with Gasteiger partial charge in [0.15, 0.2) is 0 Å². The lowest BCUT2D eigenvalue weighted by Gasteiger charge is -2.18. The largest absolute Gasteiger partial charge is 0.481 e. The summed E-state index contributed by atoms with van der Waals surface area (Å²) in [6, 6.07) is 8.44. The van der Waals surface area contributed by atoms with Gasteiger partial charge in [0.25, 0.3) is 5.97 Å². The first-order valence-corrected chi connectivity index (χ1v) is 7.13. The number of thioether (sulfide) groups is 1. The van der Waals surface area contributed by atoms with E-state index in [1.54, 1.807) is 11.8 Å². The van der Waals surface area contributed by atoms with E-state index in [9.17, 15) is 5.11 Å². The highest BCUT2D eigenvalue weighted by Gasteiger charge is 2.15. The fourth-order valence-corrected chi connectivity index (χ4v) is 2.69. The van der Waals surface area contributed by atoms with Crippen LogP contribution in [-0.4, -0.2) is 22.3 Å². The molecule has 104 valence electrons. The van der Waals surface area contributed by atoms with E-state index in [1.807, 2.05) is 0 Å². The Balaban J connectivity index is 0.000000399. The van der Waals surface area contributed by atoms with Gasteiger partial charge in [-0.05, 0) is 38.3 Å². The van der Waals surface area contributed by atoms with Crippen LogP contribution in [0, 0.1) is 6.92 Å². The zero-order valence-corrected chi connectivity index (χ0v) is 12.1. The summed E-state index contributed by atoms with van der Waals surface area (Å²) < 4.78 is 0. The molecule has 4 heteroatoms. The van der Waals surface area contributed by atoms with Gasteiger partial charge in [-0.15, -0.1) is 0 Å². The Morgan fingerprint density at radius 2 is 1.89 bits per heavy atom. The Bertz CT molecular complexity index is 433. The van der Waals surface area contributed by atoms with Crippen molar-refractivity contribution in [2.75, 3.05) is 0 Å². The highest BCUT2D eigenvalue weighted by atomic mass is 32.2. The lowest BCUT2D eigenvalue weighted by atomic mass is 10.1. The molecule has 1 aromatic carbocycles. The number of aliphatic hydroxyl groups excluding tert-OH is 1. The van der Waals surface area contributed by atoms with Crippen molar-refractivity contribution in [3.05, 3.63) is 40.8 Å². The number of aryl methyl sites for hydroxylation is 1. The van der Waals surface area contributed by atoms with E-state index < -0.39 is 5.97 Å². The summed E-state index contributed by atoms with van der Waals surface area (Å²) in [4.78, 5) is 11.3. The minimum absolute atomic E-state index is 0.245. The molecule has 2 N–H and O–H groups in total. The lowest BCUT2D eigenvalue weighted by molar-refractivity contribution is -0.134. The Labute approximate surface area is 118 Å². The van der Waals surface area contributed by atoms with E-state index in [-0.39, 0.29) is 6.10 Å². The number of aliphatic hydroxyl groups is 1. The third-order valence-corrected chi connectivity index (χ3v) is 3.79. The molecule has 0 saturated heterocycles. The number of benzene rings is 1. The van der Waals surface area contributed by atoms with Gasteiger partial charge in [0.1, 0.15) is 0 Å². The van der Waals surface area contributed by atoms with Gasteiger partial charge in [0, 0.05) is 16.7 Å². The fourth-order valence-electron chi connectivity index (χ4n) is 1.69. The van der Waals surface area contributed by atoms with Crippen LogP contribution in [0.15, 0.2) is 40.1 Å². The summed E-state index contributed by atoms with van der Waals surface area (Å²) in [7, 11) is 0. The highest BCUT2D eigenvalue weighted by molar-refractivity contribution is 8.03. The second-order valence-electron chi connectivity index (χ2n) is 4.49. The standard InChI is InChI=1S/C13H16OS.C2H4O2/c1-10-6-8-11(9-7-10)15-13-5-3-2-4-12(13)14;1-2(3)4/h5-9,12,14H,2-4H2,1H3;1H3,(H,3,4). The van der Waals surface area contributed by atoms with E-state index in [0.29, 0.717) is 0 Å². The zero-order valence-electron chi connectivity index (χ0n) is 11.3. The summed E-state index contributed by atoms with van der Waals surface area (Å²) in [6.45, 7) is 3.17. The molecule has 0 bridgehead atoms. The minimum atomic E-state index is -0.833. The number of allylic oxidation sites excluding steroid dienone is 1. The van der Waals surface area contributed by atoms with Crippen LogP contribution in [0.5, 0.6) is 0 Å². The molecule has 2 rings (SSSR count). The van der Waals surface area contributed by atoms with Crippen LogP contribution in [0.1, 0.15) is 31.7 Å². The Hall–Kier alpha value is -1.26. The first-order valence-electron chi connectivity index (χ1n) is 6.31. The summed E-state index contributed by atoms with van der Waals surface area (Å²) in [6.07, 6.45) is 5.04. The number of aliphatic carboxylic acids is 1. The van der Waals surface area contributed by atoms with Crippen LogP contribution in [0.3, 0.4) is 0 Å². The molecule has 0 radical (unpaired) electrons. The van der Waals surface area contributed by atoms with Crippen molar-refractivity contribution in [1.29, 1.82) is 0 Å². The third-order valence-electron chi connectivity index (χ3n) is 2.61. The van der Waals surface area contributed by atoms with Crippen molar-refractivity contribution < 1.29 is 15.0 Å². The second kappa shape index (κ2) is 8.02. The first kappa shape index (κ1) is 15.8. The molecule has 0 spiro atoms. The maximum Gasteiger partial charge on any atom is 0.300 e. The quantitative estimate of drug-likeness (QED) is 0.869. The molecule has 0 heterocycles. The summed E-state index contributed by atoms with van der Waals surface area (Å²) in [5.74, 6) is -0.833. The number of hydrogen-bond acceptors (Lipinski definition) is 3. The van der Waals surface area contributed by atoms with Gasteiger partial charge in [-0.25, -0.2) is 0 Å². The predicted octanol–water partition coefficient (Wildman–Crippen LogP) is 3.61. The van der Waals surface area contributed by atoms with Crippen LogP contribution in [-0.2, 0) is 4.79 Å². The average Bonchev–Trinajstić information content (AvgIpc) is 2.34. The summed E-state index contributed by atoms with van der Waals surface area (Å²) in [5.41, 5.74) is 1.28. The molecular weight excluding hydrogens is 260 g/mol. The molecule has 1 aromatic rings. The summed E-state index contributed by atoms with van der Waals surface area (Å²) in [5, 5.41) is 17.2. The lowest BCUT2D eigenvalue weighted by Crippen LogP contribution is -2.11. The SMILES string of the molecule is CC(=O)O.Cc1ccc(SC2=CCCCC2O)cc1. The van der Waals surface area contributed by atoms with Crippen molar-refractivity contribution in [3.63, 3.8) is 0 Å². The molecule has 0 saturated carbocycles. The summed E-state index contributed by atoms with van der Waals surface area (Å²) >= 11 is 1.69. The van der Waals surface area contributed by atoms with Gasteiger partial charge in [-0.3, -0.25) is 4.79 Å². The van der Waals surface area contributed by atoms with Gasteiger partial charge < -0.3 is 10.2 Å². The molecule has 1 aliphatic carbocycles. The van der Waals surface area contributed by atoms with E-state index in [1.165, 1.54) is 10.5 Å². The number of carboxylic acid groups (broad SMARTS) is 1. The number of carboxylic acids is 1. The topological polar surface area (TPSA) is 57.5 Å². The molecule has 0 amide bonds. The normalized spacial score (nSPS) is 18.1. The van der Waals surface area contributed by atoms with Crippen molar-refractivity contribution in [2.24, 2.45) is 0 Å². The van der Waals surface area contributed by atoms with Crippen molar-refractivity contribution >= 4 is 17.7 Å². The van der Waals surface area contributed by atoms with Crippen LogP contribution in [0.25, 0.3) is 0 Å². The average molecular weight is 280 g/mol. The van der Waals surface area contributed by atoms with Gasteiger partial charge in [-0.1, -0.05) is 35.5 Å². The zero-order chi connectivity index (χ0) is 14.3. The van der Waals surface area contributed by atoms with Crippen LogP contribution >= 0.6 is 11.8 Å².